The zero-order valence-corrected chi connectivity index (χ0v) is 12.7. The van der Waals surface area contributed by atoms with E-state index in [0.717, 1.165) is 22.9 Å². The average molecular weight is 290 g/mol. The minimum absolute atomic E-state index is 0.455. The van der Waals surface area contributed by atoms with E-state index in [2.05, 4.69) is 25.2 Å². The summed E-state index contributed by atoms with van der Waals surface area (Å²) in [6.45, 7) is 5.60. The minimum atomic E-state index is 0.455. The summed E-state index contributed by atoms with van der Waals surface area (Å²) in [7, 11) is 0. The lowest BCUT2D eigenvalue weighted by Gasteiger charge is -2.13. The summed E-state index contributed by atoms with van der Waals surface area (Å²) in [6.07, 6.45) is 0. The molecule has 0 aliphatic heterocycles. The number of rotatable bonds is 6. The van der Waals surface area contributed by atoms with Crippen molar-refractivity contribution in [1.82, 2.24) is 5.32 Å². The highest BCUT2D eigenvalue weighted by molar-refractivity contribution is 6.30. The van der Waals surface area contributed by atoms with E-state index in [1.54, 1.807) is 0 Å². The number of hydrogen-bond donors (Lipinski definition) is 1. The van der Waals surface area contributed by atoms with Gasteiger partial charge in [0, 0.05) is 23.2 Å². The second-order valence-electron chi connectivity index (χ2n) is 5.06. The standard InChI is InChI=1S/C17H20ClNO/c1-13(2)19-11-15-7-3-4-9-17(15)20-12-14-6-5-8-16(18)10-14/h3-10,13,19H,11-12H2,1-2H3. The molecule has 0 spiro atoms. The van der Waals surface area contributed by atoms with E-state index >= 15 is 0 Å². The second-order valence-corrected chi connectivity index (χ2v) is 5.50. The minimum Gasteiger partial charge on any atom is -0.489 e. The lowest BCUT2D eigenvalue weighted by molar-refractivity contribution is 0.302. The molecule has 2 aromatic carbocycles. The van der Waals surface area contributed by atoms with Crippen molar-refractivity contribution >= 4 is 11.6 Å². The largest absolute Gasteiger partial charge is 0.489 e. The Morgan fingerprint density at radius 3 is 2.65 bits per heavy atom. The van der Waals surface area contributed by atoms with Crippen LogP contribution in [0.5, 0.6) is 5.75 Å². The van der Waals surface area contributed by atoms with Crippen molar-refractivity contribution in [1.29, 1.82) is 0 Å². The molecule has 20 heavy (non-hydrogen) atoms. The van der Waals surface area contributed by atoms with Crippen molar-refractivity contribution in [3.8, 4) is 5.75 Å². The second kappa shape index (κ2) is 7.32. The van der Waals surface area contributed by atoms with E-state index in [-0.39, 0.29) is 0 Å². The molecule has 1 N–H and O–H groups in total. The van der Waals surface area contributed by atoms with Gasteiger partial charge in [0.25, 0.3) is 0 Å². The highest BCUT2D eigenvalue weighted by Gasteiger charge is 2.04. The molecule has 2 nitrogen and oxygen atoms in total. The van der Waals surface area contributed by atoms with Crippen LogP contribution in [0, 0.1) is 0 Å². The topological polar surface area (TPSA) is 21.3 Å². The van der Waals surface area contributed by atoms with E-state index in [1.807, 2.05) is 42.5 Å². The molecule has 0 amide bonds. The zero-order chi connectivity index (χ0) is 14.4. The first kappa shape index (κ1) is 14.9. The van der Waals surface area contributed by atoms with Gasteiger partial charge in [-0.05, 0) is 23.8 Å². The van der Waals surface area contributed by atoms with Crippen LogP contribution in [0.3, 0.4) is 0 Å². The maximum absolute atomic E-state index is 5.98. The van der Waals surface area contributed by atoms with Gasteiger partial charge in [0.15, 0.2) is 0 Å². The van der Waals surface area contributed by atoms with Gasteiger partial charge in [0.05, 0.1) is 0 Å². The third kappa shape index (κ3) is 4.55. The van der Waals surface area contributed by atoms with Crippen LogP contribution >= 0.6 is 11.6 Å². The van der Waals surface area contributed by atoms with Crippen LogP contribution in [0.2, 0.25) is 5.02 Å². The molecule has 0 fully saturated rings. The monoisotopic (exact) mass is 289 g/mol. The highest BCUT2D eigenvalue weighted by Crippen LogP contribution is 2.20. The van der Waals surface area contributed by atoms with E-state index in [1.165, 1.54) is 5.56 Å². The fourth-order valence-corrected chi connectivity index (χ4v) is 2.11. The molecule has 0 heterocycles. The summed E-state index contributed by atoms with van der Waals surface area (Å²) < 4.78 is 5.91. The third-order valence-electron chi connectivity index (χ3n) is 2.96. The fourth-order valence-electron chi connectivity index (χ4n) is 1.89. The van der Waals surface area contributed by atoms with Crippen LogP contribution in [-0.2, 0) is 13.2 Å². The van der Waals surface area contributed by atoms with Gasteiger partial charge in [-0.2, -0.15) is 0 Å². The molecule has 0 bridgehead atoms. The number of halogens is 1. The van der Waals surface area contributed by atoms with Gasteiger partial charge < -0.3 is 10.1 Å². The summed E-state index contributed by atoms with van der Waals surface area (Å²) in [6, 6.07) is 16.3. The molecule has 3 heteroatoms. The van der Waals surface area contributed by atoms with Crippen LogP contribution in [0.1, 0.15) is 25.0 Å². The number of para-hydroxylation sites is 1. The molecular formula is C17H20ClNO. The van der Waals surface area contributed by atoms with Crippen LogP contribution in [0.4, 0.5) is 0 Å². The van der Waals surface area contributed by atoms with Gasteiger partial charge >= 0.3 is 0 Å². The Bertz CT molecular complexity index is 554. The SMILES string of the molecule is CC(C)NCc1ccccc1OCc1cccc(Cl)c1. The van der Waals surface area contributed by atoms with Crippen LogP contribution < -0.4 is 10.1 Å². The van der Waals surface area contributed by atoms with E-state index < -0.39 is 0 Å². The van der Waals surface area contributed by atoms with Crippen molar-refractivity contribution in [2.75, 3.05) is 0 Å². The summed E-state index contributed by atoms with van der Waals surface area (Å²) in [4.78, 5) is 0. The molecule has 0 unspecified atom stereocenters. The molecule has 0 aliphatic rings. The summed E-state index contributed by atoms with van der Waals surface area (Å²) in [5.74, 6) is 0.917. The predicted molar refractivity (Wildman–Crippen MR) is 84.2 cm³/mol. The zero-order valence-electron chi connectivity index (χ0n) is 11.9. The fraction of sp³-hybridized carbons (Fsp3) is 0.294. The first-order valence-corrected chi connectivity index (χ1v) is 7.21. The van der Waals surface area contributed by atoms with Gasteiger partial charge in [0.1, 0.15) is 12.4 Å². The quantitative estimate of drug-likeness (QED) is 0.850. The summed E-state index contributed by atoms with van der Waals surface area (Å²) in [5.41, 5.74) is 2.24. The molecule has 0 atom stereocenters. The molecular weight excluding hydrogens is 270 g/mol. The molecule has 0 aliphatic carbocycles. The van der Waals surface area contributed by atoms with Gasteiger partial charge in [0.2, 0.25) is 0 Å². The molecule has 106 valence electrons. The number of nitrogens with one attached hydrogen (secondary N) is 1. The lowest BCUT2D eigenvalue weighted by Crippen LogP contribution is -2.22. The average Bonchev–Trinajstić information content (AvgIpc) is 2.44. The highest BCUT2D eigenvalue weighted by atomic mass is 35.5. The molecule has 2 aromatic rings. The van der Waals surface area contributed by atoms with Gasteiger partial charge in [-0.25, -0.2) is 0 Å². The Labute approximate surface area is 125 Å². The van der Waals surface area contributed by atoms with E-state index in [4.69, 9.17) is 16.3 Å². The van der Waals surface area contributed by atoms with E-state index in [0.29, 0.717) is 12.6 Å². The molecule has 2 rings (SSSR count). The first-order chi connectivity index (χ1) is 9.65. The van der Waals surface area contributed by atoms with Crippen LogP contribution in [-0.4, -0.2) is 6.04 Å². The van der Waals surface area contributed by atoms with Crippen LogP contribution in [0.25, 0.3) is 0 Å². The number of benzene rings is 2. The molecule has 0 radical (unpaired) electrons. The maximum atomic E-state index is 5.98. The van der Waals surface area contributed by atoms with Gasteiger partial charge in [-0.15, -0.1) is 0 Å². The number of hydrogen-bond acceptors (Lipinski definition) is 2. The van der Waals surface area contributed by atoms with Crippen molar-refractivity contribution in [3.05, 3.63) is 64.7 Å². The Balaban J connectivity index is 2.02. The predicted octanol–water partition coefficient (Wildman–Crippen LogP) is 4.42. The van der Waals surface area contributed by atoms with Crippen molar-refractivity contribution in [3.63, 3.8) is 0 Å². The van der Waals surface area contributed by atoms with Crippen molar-refractivity contribution < 1.29 is 4.74 Å². The Hall–Kier alpha value is -1.51. The summed E-state index contributed by atoms with van der Waals surface area (Å²) >= 11 is 5.98. The van der Waals surface area contributed by atoms with Crippen LogP contribution in [0.15, 0.2) is 48.5 Å². The smallest absolute Gasteiger partial charge is 0.124 e. The van der Waals surface area contributed by atoms with Crippen molar-refractivity contribution in [2.45, 2.75) is 33.0 Å². The Morgan fingerprint density at radius 2 is 1.90 bits per heavy atom. The lowest BCUT2D eigenvalue weighted by atomic mass is 10.2. The molecule has 0 saturated heterocycles. The maximum Gasteiger partial charge on any atom is 0.124 e. The summed E-state index contributed by atoms with van der Waals surface area (Å²) in [5, 5.41) is 4.15. The Kier molecular flexibility index (Phi) is 5.45. The Morgan fingerprint density at radius 1 is 1.10 bits per heavy atom. The first-order valence-electron chi connectivity index (χ1n) is 6.83. The number of ether oxygens (including phenoxy) is 1. The third-order valence-corrected chi connectivity index (χ3v) is 3.19. The normalized spacial score (nSPS) is 10.8. The van der Waals surface area contributed by atoms with E-state index in [9.17, 15) is 0 Å². The molecule has 0 aromatic heterocycles. The van der Waals surface area contributed by atoms with Gasteiger partial charge in [-0.1, -0.05) is 55.8 Å². The molecule has 0 saturated carbocycles. The van der Waals surface area contributed by atoms with Gasteiger partial charge in [-0.3, -0.25) is 0 Å². The van der Waals surface area contributed by atoms with Crippen molar-refractivity contribution in [2.24, 2.45) is 0 Å².